The molecule has 2 amide bonds. The van der Waals surface area contributed by atoms with Crippen LogP contribution in [0, 0.1) is 5.82 Å². The first kappa shape index (κ1) is 21.9. The average molecular weight is 405 g/mol. The molecule has 0 aliphatic carbocycles. The molecule has 2 aromatic carbocycles. The van der Waals surface area contributed by atoms with Crippen LogP contribution in [-0.4, -0.2) is 28.8 Å². The third kappa shape index (κ3) is 6.34. The van der Waals surface area contributed by atoms with Crippen molar-refractivity contribution in [2.45, 2.75) is 52.2 Å². The molecule has 0 fully saturated rings. The molecule has 1 N–H and O–H groups in total. The van der Waals surface area contributed by atoms with Crippen LogP contribution in [0.5, 0.6) is 0 Å². The number of carbonyl (C=O) groups excluding carboxylic acids is 2. The predicted octanol–water partition coefficient (Wildman–Crippen LogP) is 4.35. The minimum Gasteiger partial charge on any atom is -0.352 e. The number of rotatable bonds is 8. The van der Waals surface area contributed by atoms with Crippen LogP contribution in [0.25, 0.3) is 0 Å². The molecule has 2 atom stereocenters. The van der Waals surface area contributed by atoms with Crippen LogP contribution >= 0.6 is 11.6 Å². The summed E-state index contributed by atoms with van der Waals surface area (Å²) in [7, 11) is 0. The number of amides is 2. The summed E-state index contributed by atoms with van der Waals surface area (Å²) in [4.78, 5) is 27.2. The Balaban J connectivity index is 2.22. The highest BCUT2D eigenvalue weighted by atomic mass is 35.5. The van der Waals surface area contributed by atoms with Gasteiger partial charge in [0, 0.05) is 17.6 Å². The number of nitrogens with one attached hydrogen (secondary N) is 1. The van der Waals surface area contributed by atoms with Gasteiger partial charge in [-0.05, 0) is 55.7 Å². The summed E-state index contributed by atoms with van der Waals surface area (Å²) in [6.07, 6.45) is 0.887. The van der Waals surface area contributed by atoms with Gasteiger partial charge in [-0.1, -0.05) is 42.8 Å². The minimum atomic E-state index is -0.652. The van der Waals surface area contributed by atoms with Crippen molar-refractivity contribution in [1.82, 2.24) is 10.2 Å². The first-order chi connectivity index (χ1) is 13.3. The average Bonchev–Trinajstić information content (AvgIpc) is 2.67. The van der Waals surface area contributed by atoms with Gasteiger partial charge in [-0.3, -0.25) is 9.59 Å². The summed E-state index contributed by atoms with van der Waals surface area (Å²) in [6.45, 7) is 5.88. The first-order valence-corrected chi connectivity index (χ1v) is 9.76. The summed E-state index contributed by atoms with van der Waals surface area (Å²) in [6, 6.07) is 12.4. The van der Waals surface area contributed by atoms with E-state index in [9.17, 15) is 14.0 Å². The van der Waals surface area contributed by atoms with E-state index >= 15 is 0 Å². The molecule has 150 valence electrons. The monoisotopic (exact) mass is 404 g/mol. The maximum Gasteiger partial charge on any atom is 0.242 e. The van der Waals surface area contributed by atoms with Crippen molar-refractivity contribution in [1.29, 1.82) is 0 Å². The fourth-order valence-corrected chi connectivity index (χ4v) is 2.97. The lowest BCUT2D eigenvalue weighted by Gasteiger charge is -2.30. The quantitative estimate of drug-likeness (QED) is 0.710. The molecule has 0 aromatic heterocycles. The molecule has 0 bridgehead atoms. The van der Waals surface area contributed by atoms with E-state index in [0.717, 1.165) is 12.0 Å². The summed E-state index contributed by atoms with van der Waals surface area (Å²) in [5.41, 5.74) is 1.53. The molecular formula is C22H26ClFN2O2. The molecule has 0 saturated heterocycles. The van der Waals surface area contributed by atoms with E-state index in [1.54, 1.807) is 31.2 Å². The van der Waals surface area contributed by atoms with E-state index in [1.165, 1.54) is 17.0 Å². The molecule has 0 radical (unpaired) electrons. The van der Waals surface area contributed by atoms with E-state index < -0.39 is 6.04 Å². The number of carbonyl (C=O) groups is 2. The van der Waals surface area contributed by atoms with Gasteiger partial charge >= 0.3 is 0 Å². The largest absolute Gasteiger partial charge is 0.352 e. The first-order valence-electron chi connectivity index (χ1n) is 9.39. The Hall–Kier alpha value is -2.40. The van der Waals surface area contributed by atoms with E-state index in [4.69, 9.17) is 11.6 Å². The van der Waals surface area contributed by atoms with Gasteiger partial charge in [-0.2, -0.15) is 0 Å². The van der Waals surface area contributed by atoms with Crippen molar-refractivity contribution in [2.75, 3.05) is 0 Å². The second-order valence-electron chi connectivity index (χ2n) is 6.95. The van der Waals surface area contributed by atoms with Crippen LogP contribution in [0.1, 0.15) is 38.3 Å². The molecule has 0 saturated carbocycles. The van der Waals surface area contributed by atoms with E-state index in [1.807, 2.05) is 26.0 Å². The summed E-state index contributed by atoms with van der Waals surface area (Å²) in [5, 5.41) is 3.49. The third-order valence-electron chi connectivity index (χ3n) is 4.68. The van der Waals surface area contributed by atoms with Gasteiger partial charge in [0.2, 0.25) is 11.8 Å². The zero-order valence-corrected chi connectivity index (χ0v) is 17.2. The fraction of sp³-hybridized carbons (Fsp3) is 0.364. The third-order valence-corrected chi connectivity index (χ3v) is 4.91. The highest BCUT2D eigenvalue weighted by Crippen LogP contribution is 2.16. The molecule has 6 heteroatoms. The lowest BCUT2D eigenvalue weighted by Crippen LogP contribution is -2.49. The van der Waals surface area contributed by atoms with Crippen LogP contribution in [0.15, 0.2) is 48.5 Å². The topological polar surface area (TPSA) is 49.4 Å². The van der Waals surface area contributed by atoms with Crippen LogP contribution in [0.2, 0.25) is 5.02 Å². The lowest BCUT2D eigenvalue weighted by molar-refractivity contribution is -0.140. The second-order valence-corrected chi connectivity index (χ2v) is 7.39. The van der Waals surface area contributed by atoms with Crippen molar-refractivity contribution in [3.63, 3.8) is 0 Å². The molecule has 0 heterocycles. The Morgan fingerprint density at radius 2 is 1.79 bits per heavy atom. The zero-order chi connectivity index (χ0) is 20.7. The second kappa shape index (κ2) is 10.2. The van der Waals surface area contributed by atoms with Crippen molar-refractivity contribution in [3.8, 4) is 0 Å². The van der Waals surface area contributed by atoms with Crippen LogP contribution in [0.4, 0.5) is 4.39 Å². The van der Waals surface area contributed by atoms with Crippen LogP contribution < -0.4 is 5.32 Å². The molecule has 2 aromatic rings. The Morgan fingerprint density at radius 3 is 2.39 bits per heavy atom. The summed E-state index contributed by atoms with van der Waals surface area (Å²) in [5.74, 6) is -0.768. The molecule has 28 heavy (non-hydrogen) atoms. The Labute approximate surface area is 170 Å². The number of halogens is 2. The maximum absolute atomic E-state index is 13.1. The van der Waals surface area contributed by atoms with E-state index in [-0.39, 0.29) is 36.6 Å². The zero-order valence-electron chi connectivity index (χ0n) is 16.4. The number of nitrogens with zero attached hydrogens (tertiary/aromatic N) is 1. The molecular weight excluding hydrogens is 379 g/mol. The van der Waals surface area contributed by atoms with Crippen molar-refractivity contribution in [3.05, 3.63) is 70.5 Å². The predicted molar refractivity (Wildman–Crippen MR) is 109 cm³/mol. The van der Waals surface area contributed by atoms with Crippen LogP contribution in [0.3, 0.4) is 0 Å². The molecule has 0 aliphatic heterocycles. The van der Waals surface area contributed by atoms with Gasteiger partial charge in [0.15, 0.2) is 0 Å². The molecule has 4 nitrogen and oxygen atoms in total. The molecule has 2 rings (SSSR count). The van der Waals surface area contributed by atoms with E-state index in [2.05, 4.69) is 5.32 Å². The van der Waals surface area contributed by atoms with Crippen molar-refractivity contribution in [2.24, 2.45) is 0 Å². The fourth-order valence-electron chi connectivity index (χ4n) is 2.76. The Bertz CT molecular complexity index is 810. The standard InChI is InChI=1S/C22H26ClFN2O2/c1-4-15(2)25-22(28)16(3)26(14-18-6-5-7-19(23)12-18)21(27)13-17-8-10-20(24)11-9-17/h5-12,15-16H,4,13-14H2,1-3H3,(H,25,28)/t15-,16-/m0/s1. The van der Waals surface area contributed by atoms with Gasteiger partial charge in [0.1, 0.15) is 11.9 Å². The normalized spacial score (nSPS) is 12.9. The van der Waals surface area contributed by atoms with Gasteiger partial charge in [-0.25, -0.2) is 4.39 Å². The van der Waals surface area contributed by atoms with Gasteiger partial charge in [0.25, 0.3) is 0 Å². The SMILES string of the molecule is CC[C@H](C)NC(=O)[C@H](C)N(Cc1cccc(Cl)c1)C(=O)Cc1ccc(F)cc1. The molecule has 0 spiro atoms. The number of hydrogen-bond donors (Lipinski definition) is 1. The molecule has 0 aliphatic rings. The Morgan fingerprint density at radius 1 is 1.11 bits per heavy atom. The van der Waals surface area contributed by atoms with Crippen LogP contribution in [-0.2, 0) is 22.6 Å². The maximum atomic E-state index is 13.1. The van der Waals surface area contributed by atoms with Gasteiger partial charge in [-0.15, -0.1) is 0 Å². The summed E-state index contributed by atoms with van der Waals surface area (Å²) >= 11 is 6.06. The summed E-state index contributed by atoms with van der Waals surface area (Å²) < 4.78 is 13.1. The highest BCUT2D eigenvalue weighted by Gasteiger charge is 2.26. The highest BCUT2D eigenvalue weighted by molar-refractivity contribution is 6.30. The number of benzene rings is 2. The lowest BCUT2D eigenvalue weighted by atomic mass is 10.1. The van der Waals surface area contributed by atoms with Crippen molar-refractivity contribution < 1.29 is 14.0 Å². The smallest absolute Gasteiger partial charge is 0.242 e. The van der Waals surface area contributed by atoms with Gasteiger partial charge in [0.05, 0.1) is 6.42 Å². The minimum absolute atomic E-state index is 0.0233. The Kier molecular flexibility index (Phi) is 8.00. The number of hydrogen-bond acceptors (Lipinski definition) is 2. The van der Waals surface area contributed by atoms with Gasteiger partial charge < -0.3 is 10.2 Å². The molecule has 0 unspecified atom stereocenters. The van der Waals surface area contributed by atoms with Crippen molar-refractivity contribution >= 4 is 23.4 Å². The van der Waals surface area contributed by atoms with E-state index in [0.29, 0.717) is 10.6 Å².